The van der Waals surface area contributed by atoms with Gasteiger partial charge in [-0.3, -0.25) is 4.79 Å². The monoisotopic (exact) mass is 311 g/mol. The highest BCUT2D eigenvalue weighted by atomic mass is 35.5. The molecular weight excluding hydrogens is 297 g/mol. The molecule has 6 heteroatoms. The van der Waals surface area contributed by atoms with Gasteiger partial charge in [-0.2, -0.15) is 0 Å². The summed E-state index contributed by atoms with van der Waals surface area (Å²) in [5, 5.41) is 2.45. The molecule has 2 heterocycles. The molecule has 0 unspecified atom stereocenters. The van der Waals surface area contributed by atoms with Gasteiger partial charge in [0.05, 0.1) is 6.04 Å². The Labute approximate surface area is 128 Å². The Bertz CT molecular complexity index is 647. The zero-order valence-electron chi connectivity index (χ0n) is 10.8. The van der Waals surface area contributed by atoms with Crippen molar-refractivity contribution in [1.82, 2.24) is 9.88 Å². The third kappa shape index (κ3) is 2.73. The number of carbonyl (C=O) groups excluding carboxylic acids is 1. The molecule has 1 fully saturated rings. The Morgan fingerprint density at radius 3 is 2.90 bits per heavy atom. The highest BCUT2D eigenvalue weighted by Gasteiger charge is 2.28. The molecule has 106 valence electrons. The predicted molar refractivity (Wildman–Crippen MR) is 82.0 cm³/mol. The third-order valence-corrected chi connectivity index (χ3v) is 3.80. The second kappa shape index (κ2) is 5.95. The lowest BCUT2D eigenvalue weighted by Crippen LogP contribution is -2.33. The van der Waals surface area contributed by atoms with Crippen molar-refractivity contribution in [3.8, 4) is 0 Å². The fraction of sp³-hybridized carbons (Fsp3) is 0.286. The van der Waals surface area contributed by atoms with E-state index in [-0.39, 0.29) is 24.4 Å². The number of nitrogens with zero attached hydrogens (tertiary/aromatic N) is 2. The summed E-state index contributed by atoms with van der Waals surface area (Å²) in [5.41, 5.74) is 6.76. The number of fused-ring (bicyclic) bond motifs is 1. The first kappa shape index (κ1) is 15.0. The van der Waals surface area contributed by atoms with Crippen LogP contribution in [0.3, 0.4) is 0 Å². The van der Waals surface area contributed by atoms with E-state index in [4.69, 9.17) is 17.3 Å². The van der Waals surface area contributed by atoms with Gasteiger partial charge >= 0.3 is 0 Å². The number of carbonyl (C=O) groups is 1. The number of pyridine rings is 1. The largest absolute Gasteiger partial charge is 0.337 e. The highest BCUT2D eigenvalue weighted by molar-refractivity contribution is 6.34. The highest BCUT2D eigenvalue weighted by Crippen LogP contribution is 2.23. The van der Waals surface area contributed by atoms with Crippen LogP contribution in [0.4, 0.5) is 0 Å². The van der Waals surface area contributed by atoms with E-state index in [1.54, 1.807) is 11.1 Å². The average molecular weight is 312 g/mol. The van der Waals surface area contributed by atoms with E-state index >= 15 is 0 Å². The van der Waals surface area contributed by atoms with E-state index in [0.717, 1.165) is 29.3 Å². The topological polar surface area (TPSA) is 59.2 Å². The number of halogens is 2. The molecule has 2 N–H and O–H groups in total. The summed E-state index contributed by atoms with van der Waals surface area (Å²) in [5.74, 6) is 0.0254. The van der Waals surface area contributed by atoms with Gasteiger partial charge in [0, 0.05) is 24.7 Å². The normalized spacial score (nSPS) is 18.4. The van der Waals surface area contributed by atoms with Crippen molar-refractivity contribution in [1.29, 1.82) is 0 Å². The molecule has 0 radical (unpaired) electrons. The first-order valence-corrected chi connectivity index (χ1v) is 6.60. The Hall–Kier alpha value is -1.36. The zero-order chi connectivity index (χ0) is 13.4. The molecule has 1 saturated heterocycles. The first-order chi connectivity index (χ1) is 9.15. The van der Waals surface area contributed by atoms with Crippen LogP contribution >= 0.6 is 24.0 Å². The number of hydrogen-bond donors (Lipinski definition) is 1. The standard InChI is InChI=1S/C14H14ClN3O.ClH/c15-13-11-7-9(1-2-10(11)3-5-17-13)8-18-6-4-12(16)14(18)19;/h1-3,5,7,12H,4,6,8,16H2;1H/t12-;/m0./s1. The van der Waals surface area contributed by atoms with Crippen LogP contribution in [0.1, 0.15) is 12.0 Å². The molecule has 1 aromatic heterocycles. The van der Waals surface area contributed by atoms with E-state index in [9.17, 15) is 4.79 Å². The van der Waals surface area contributed by atoms with E-state index in [2.05, 4.69) is 4.98 Å². The molecule has 0 saturated carbocycles. The average Bonchev–Trinajstić information content (AvgIpc) is 2.72. The number of nitrogens with two attached hydrogens (primary N) is 1. The maximum Gasteiger partial charge on any atom is 0.239 e. The smallest absolute Gasteiger partial charge is 0.239 e. The molecule has 3 rings (SSSR count). The molecule has 0 spiro atoms. The summed E-state index contributed by atoms with van der Waals surface area (Å²) in [4.78, 5) is 17.7. The minimum absolute atomic E-state index is 0. The molecular formula is C14H15Cl2N3O. The molecule has 1 aliphatic heterocycles. The zero-order valence-corrected chi connectivity index (χ0v) is 12.3. The number of rotatable bonds is 2. The third-order valence-electron chi connectivity index (χ3n) is 3.49. The summed E-state index contributed by atoms with van der Waals surface area (Å²) < 4.78 is 0. The maximum atomic E-state index is 11.8. The molecule has 4 nitrogen and oxygen atoms in total. The van der Waals surface area contributed by atoms with Crippen molar-refractivity contribution in [2.45, 2.75) is 19.0 Å². The second-order valence-electron chi connectivity index (χ2n) is 4.81. The van der Waals surface area contributed by atoms with Gasteiger partial charge in [0.1, 0.15) is 5.15 Å². The molecule has 2 aromatic rings. The Kier molecular flexibility index (Phi) is 4.48. The van der Waals surface area contributed by atoms with Crippen molar-refractivity contribution < 1.29 is 4.79 Å². The van der Waals surface area contributed by atoms with Crippen LogP contribution in [0.5, 0.6) is 0 Å². The summed E-state index contributed by atoms with van der Waals surface area (Å²) in [6.07, 6.45) is 2.42. The fourth-order valence-corrected chi connectivity index (χ4v) is 2.64. The van der Waals surface area contributed by atoms with Gasteiger partial charge in [-0.1, -0.05) is 23.7 Å². The molecule has 1 amide bonds. The second-order valence-corrected chi connectivity index (χ2v) is 5.17. The Balaban J connectivity index is 0.00000147. The van der Waals surface area contributed by atoms with Crippen molar-refractivity contribution in [3.63, 3.8) is 0 Å². The van der Waals surface area contributed by atoms with E-state index in [0.29, 0.717) is 11.7 Å². The van der Waals surface area contributed by atoms with E-state index in [1.165, 1.54) is 0 Å². The molecule has 0 bridgehead atoms. The van der Waals surface area contributed by atoms with Crippen LogP contribution in [-0.2, 0) is 11.3 Å². The van der Waals surface area contributed by atoms with Crippen LogP contribution in [0.25, 0.3) is 10.8 Å². The molecule has 1 atom stereocenters. The summed E-state index contributed by atoms with van der Waals surface area (Å²) >= 11 is 6.09. The molecule has 20 heavy (non-hydrogen) atoms. The molecule has 1 aromatic carbocycles. The van der Waals surface area contributed by atoms with Crippen LogP contribution < -0.4 is 5.73 Å². The van der Waals surface area contributed by atoms with Crippen LogP contribution in [0, 0.1) is 0 Å². The lowest BCUT2D eigenvalue weighted by molar-refractivity contribution is -0.129. The van der Waals surface area contributed by atoms with Crippen molar-refractivity contribution in [2.24, 2.45) is 5.73 Å². The first-order valence-electron chi connectivity index (χ1n) is 6.22. The minimum atomic E-state index is -0.342. The van der Waals surface area contributed by atoms with Crippen LogP contribution in [-0.4, -0.2) is 28.4 Å². The van der Waals surface area contributed by atoms with Gasteiger partial charge in [0.2, 0.25) is 5.91 Å². The quantitative estimate of drug-likeness (QED) is 0.866. The van der Waals surface area contributed by atoms with Crippen molar-refractivity contribution in [3.05, 3.63) is 41.2 Å². The van der Waals surface area contributed by atoms with Gasteiger partial charge in [-0.05, 0) is 29.5 Å². The number of likely N-dealkylation sites (tertiary alicyclic amines) is 1. The lowest BCUT2D eigenvalue weighted by atomic mass is 10.1. The van der Waals surface area contributed by atoms with Crippen LogP contribution in [0.15, 0.2) is 30.5 Å². The number of benzene rings is 1. The van der Waals surface area contributed by atoms with E-state index < -0.39 is 0 Å². The van der Waals surface area contributed by atoms with Gasteiger partial charge in [0.25, 0.3) is 0 Å². The fourth-order valence-electron chi connectivity index (χ4n) is 2.42. The van der Waals surface area contributed by atoms with Gasteiger partial charge < -0.3 is 10.6 Å². The summed E-state index contributed by atoms with van der Waals surface area (Å²) in [6.45, 7) is 1.30. The number of amides is 1. The number of aromatic nitrogens is 1. The predicted octanol–water partition coefficient (Wildman–Crippen LogP) is 2.37. The van der Waals surface area contributed by atoms with Crippen molar-refractivity contribution >= 4 is 40.7 Å². The van der Waals surface area contributed by atoms with Gasteiger partial charge in [0.15, 0.2) is 0 Å². The van der Waals surface area contributed by atoms with E-state index in [1.807, 2.05) is 24.3 Å². The minimum Gasteiger partial charge on any atom is -0.337 e. The van der Waals surface area contributed by atoms with Crippen LogP contribution in [0.2, 0.25) is 5.15 Å². The molecule has 0 aliphatic carbocycles. The molecule has 1 aliphatic rings. The van der Waals surface area contributed by atoms with Crippen molar-refractivity contribution in [2.75, 3.05) is 6.54 Å². The van der Waals surface area contributed by atoms with Gasteiger partial charge in [-0.25, -0.2) is 4.98 Å². The number of hydrogen-bond acceptors (Lipinski definition) is 3. The summed E-state index contributed by atoms with van der Waals surface area (Å²) in [6, 6.07) is 7.57. The SMILES string of the molecule is Cl.N[C@H]1CCN(Cc2ccc3ccnc(Cl)c3c2)C1=O. The maximum absolute atomic E-state index is 11.8. The Morgan fingerprint density at radius 2 is 2.20 bits per heavy atom. The Morgan fingerprint density at radius 1 is 1.40 bits per heavy atom. The summed E-state index contributed by atoms with van der Waals surface area (Å²) in [7, 11) is 0. The lowest BCUT2D eigenvalue weighted by Gasteiger charge is -2.16. The van der Waals surface area contributed by atoms with Gasteiger partial charge in [-0.15, -0.1) is 12.4 Å².